The lowest BCUT2D eigenvalue weighted by atomic mass is 10.1. The first kappa shape index (κ1) is 23.6. The molecule has 0 atom stereocenters. The number of nitrogens with zero attached hydrogens (tertiary/aromatic N) is 2. The molecular formula is C21H25BrN2O5SSi. The Hall–Kier alpha value is -2.01. The molecule has 10 heteroatoms. The van der Waals surface area contributed by atoms with E-state index >= 15 is 0 Å². The molecule has 7 nitrogen and oxygen atoms in total. The zero-order chi connectivity index (χ0) is 22.8. The summed E-state index contributed by atoms with van der Waals surface area (Å²) in [6.45, 7) is 7.91. The van der Waals surface area contributed by atoms with Crippen LogP contribution in [0.25, 0.3) is 10.9 Å². The average molecular weight is 525 g/mol. The molecule has 2 aromatic heterocycles. The molecule has 0 N–H and O–H groups in total. The number of hydrogen-bond donors (Lipinski definition) is 0. The Balaban J connectivity index is 1.95. The lowest BCUT2D eigenvalue weighted by molar-refractivity contribution is 0.0594. The topological polar surface area (TPSA) is 79.7 Å². The number of esters is 1. The van der Waals surface area contributed by atoms with E-state index in [1.165, 1.54) is 7.11 Å². The normalized spacial score (nSPS) is 11.7. The van der Waals surface area contributed by atoms with Crippen LogP contribution < -0.4 is 4.74 Å². The minimum atomic E-state index is -1.19. The molecule has 31 heavy (non-hydrogen) atoms. The summed E-state index contributed by atoms with van der Waals surface area (Å²) < 4.78 is 18.4. The maximum absolute atomic E-state index is 13.3. The molecule has 0 aliphatic carbocycles. The van der Waals surface area contributed by atoms with Crippen LogP contribution in [0.4, 0.5) is 0 Å². The number of methoxy groups -OCH3 is 2. The predicted molar refractivity (Wildman–Crippen MR) is 127 cm³/mol. The first-order valence-electron chi connectivity index (χ1n) is 9.68. The van der Waals surface area contributed by atoms with Gasteiger partial charge in [0.15, 0.2) is 10.7 Å². The zero-order valence-electron chi connectivity index (χ0n) is 18.2. The standard InChI is InChI=1S/C21H25BrN2O5SSi/c1-27-13-6-7-14-15(18(25)20-23-17(19(22)30-20)21(26)28-2)11-24(16(14)10-13)12-29-8-9-31(3,4)5/h6-7,10-11H,8-9,12H2,1-5H3. The van der Waals surface area contributed by atoms with Crippen molar-refractivity contribution < 1.29 is 23.8 Å². The fraction of sp³-hybridized carbons (Fsp3) is 0.381. The highest BCUT2D eigenvalue weighted by Gasteiger charge is 2.24. The number of ketones is 1. The molecule has 0 aliphatic rings. The molecule has 1 aromatic carbocycles. The van der Waals surface area contributed by atoms with Gasteiger partial charge in [-0.15, -0.1) is 11.3 Å². The maximum atomic E-state index is 13.3. The number of fused-ring (bicyclic) bond motifs is 1. The summed E-state index contributed by atoms with van der Waals surface area (Å²) in [7, 11) is 1.69. The van der Waals surface area contributed by atoms with Crippen LogP contribution >= 0.6 is 27.3 Å². The summed E-state index contributed by atoms with van der Waals surface area (Å²) in [5.74, 6) is -0.167. The highest BCUT2D eigenvalue weighted by molar-refractivity contribution is 9.11. The van der Waals surface area contributed by atoms with Crippen LogP contribution in [-0.4, -0.2) is 50.2 Å². The number of hydrogen-bond acceptors (Lipinski definition) is 7. The lowest BCUT2D eigenvalue weighted by Crippen LogP contribution is -2.21. The van der Waals surface area contributed by atoms with Crippen LogP contribution in [0, 0.1) is 0 Å². The average Bonchev–Trinajstić information content (AvgIpc) is 3.29. The van der Waals surface area contributed by atoms with Gasteiger partial charge in [0, 0.05) is 32.3 Å². The maximum Gasteiger partial charge on any atom is 0.358 e. The number of ether oxygens (including phenoxy) is 3. The van der Waals surface area contributed by atoms with E-state index < -0.39 is 14.0 Å². The molecule has 166 valence electrons. The van der Waals surface area contributed by atoms with Gasteiger partial charge in [0.1, 0.15) is 16.3 Å². The van der Waals surface area contributed by atoms with Gasteiger partial charge in [0.25, 0.3) is 0 Å². The fourth-order valence-electron chi connectivity index (χ4n) is 2.96. The van der Waals surface area contributed by atoms with Gasteiger partial charge in [0.2, 0.25) is 5.78 Å². The lowest BCUT2D eigenvalue weighted by Gasteiger charge is -2.15. The van der Waals surface area contributed by atoms with E-state index in [1.807, 2.05) is 22.8 Å². The van der Waals surface area contributed by atoms with E-state index in [0.717, 1.165) is 28.3 Å². The van der Waals surface area contributed by atoms with Gasteiger partial charge in [0.05, 0.1) is 25.3 Å². The number of aromatic nitrogens is 2. The number of halogens is 1. The second-order valence-electron chi connectivity index (χ2n) is 8.21. The highest BCUT2D eigenvalue weighted by atomic mass is 79.9. The van der Waals surface area contributed by atoms with E-state index in [-0.39, 0.29) is 16.5 Å². The molecule has 0 saturated carbocycles. The van der Waals surface area contributed by atoms with Crippen LogP contribution in [0.5, 0.6) is 5.75 Å². The summed E-state index contributed by atoms with van der Waals surface area (Å²) in [4.78, 5) is 29.3. The molecule has 3 rings (SSSR count). The van der Waals surface area contributed by atoms with Gasteiger partial charge in [-0.2, -0.15) is 0 Å². The Morgan fingerprint density at radius 3 is 2.61 bits per heavy atom. The van der Waals surface area contributed by atoms with Crippen molar-refractivity contribution in [2.75, 3.05) is 20.8 Å². The molecule has 0 saturated heterocycles. The van der Waals surface area contributed by atoms with E-state index in [4.69, 9.17) is 14.2 Å². The van der Waals surface area contributed by atoms with Crippen molar-refractivity contribution in [2.45, 2.75) is 32.4 Å². The number of benzene rings is 1. The molecule has 3 aromatic rings. The molecule has 0 spiro atoms. The summed E-state index contributed by atoms with van der Waals surface area (Å²) in [6.07, 6.45) is 1.77. The van der Waals surface area contributed by atoms with Crippen LogP contribution in [0.2, 0.25) is 25.7 Å². The Bertz CT molecular complexity index is 1120. The van der Waals surface area contributed by atoms with E-state index in [9.17, 15) is 9.59 Å². The summed E-state index contributed by atoms with van der Waals surface area (Å²) in [5.41, 5.74) is 1.42. The van der Waals surface area contributed by atoms with Crippen LogP contribution in [0.3, 0.4) is 0 Å². The van der Waals surface area contributed by atoms with Crippen LogP contribution in [0.1, 0.15) is 25.9 Å². The van der Waals surface area contributed by atoms with E-state index in [2.05, 4.69) is 40.6 Å². The summed E-state index contributed by atoms with van der Waals surface area (Å²) in [6, 6.07) is 6.60. The molecule has 0 aliphatic heterocycles. The third kappa shape index (κ3) is 5.43. The second kappa shape index (κ2) is 9.64. The van der Waals surface area contributed by atoms with Gasteiger partial charge >= 0.3 is 5.97 Å². The number of rotatable bonds is 9. The first-order valence-corrected chi connectivity index (χ1v) is 15.0. The quantitative estimate of drug-likeness (QED) is 0.165. The molecule has 0 amide bonds. The summed E-state index contributed by atoms with van der Waals surface area (Å²) in [5, 5.41) is 0.979. The first-order chi connectivity index (χ1) is 14.6. The van der Waals surface area contributed by atoms with Crippen molar-refractivity contribution in [1.82, 2.24) is 9.55 Å². The highest BCUT2D eigenvalue weighted by Crippen LogP contribution is 2.31. The van der Waals surface area contributed by atoms with Crippen molar-refractivity contribution >= 4 is 58.0 Å². The van der Waals surface area contributed by atoms with Crippen molar-refractivity contribution in [1.29, 1.82) is 0 Å². The predicted octanol–water partition coefficient (Wildman–Crippen LogP) is 5.20. The van der Waals surface area contributed by atoms with E-state index in [1.54, 1.807) is 13.3 Å². The smallest absolute Gasteiger partial charge is 0.358 e. The molecule has 0 bridgehead atoms. The Morgan fingerprint density at radius 2 is 1.97 bits per heavy atom. The van der Waals surface area contributed by atoms with Crippen molar-refractivity contribution in [3.05, 3.63) is 44.4 Å². The summed E-state index contributed by atoms with van der Waals surface area (Å²) >= 11 is 4.40. The molecule has 2 heterocycles. The molecule has 0 unspecified atom stereocenters. The fourth-order valence-corrected chi connectivity index (χ4v) is 5.17. The number of carbonyl (C=O) groups excluding carboxylic acids is 2. The van der Waals surface area contributed by atoms with Crippen molar-refractivity contribution in [3.63, 3.8) is 0 Å². The largest absolute Gasteiger partial charge is 0.497 e. The third-order valence-electron chi connectivity index (χ3n) is 4.72. The SMILES string of the molecule is COC(=O)c1nc(C(=O)c2cn(COCC[Si](C)(C)C)c3cc(OC)ccc23)sc1Br. The minimum Gasteiger partial charge on any atom is -0.497 e. The van der Waals surface area contributed by atoms with Crippen LogP contribution in [0.15, 0.2) is 28.2 Å². The van der Waals surface area contributed by atoms with Gasteiger partial charge in [-0.1, -0.05) is 19.6 Å². The van der Waals surface area contributed by atoms with Gasteiger partial charge in [-0.05, 0) is 34.1 Å². The molecular weight excluding hydrogens is 500 g/mol. The van der Waals surface area contributed by atoms with Gasteiger partial charge in [-0.25, -0.2) is 9.78 Å². The Labute approximate surface area is 194 Å². The Morgan fingerprint density at radius 1 is 1.23 bits per heavy atom. The number of carbonyl (C=O) groups is 2. The van der Waals surface area contributed by atoms with Gasteiger partial charge in [-0.3, -0.25) is 4.79 Å². The van der Waals surface area contributed by atoms with Crippen LogP contribution in [-0.2, 0) is 16.2 Å². The second-order valence-corrected chi connectivity index (χ2v) is 16.1. The molecule has 0 radical (unpaired) electrons. The van der Waals surface area contributed by atoms with E-state index in [0.29, 0.717) is 28.4 Å². The third-order valence-corrected chi connectivity index (χ3v) is 8.13. The zero-order valence-corrected chi connectivity index (χ0v) is 21.6. The molecule has 0 fully saturated rings. The van der Waals surface area contributed by atoms with Crippen molar-refractivity contribution in [3.8, 4) is 5.75 Å². The number of thiazole rings is 1. The Kier molecular flexibility index (Phi) is 7.35. The van der Waals surface area contributed by atoms with Gasteiger partial charge < -0.3 is 18.8 Å². The minimum absolute atomic E-state index is 0.0935. The monoisotopic (exact) mass is 524 g/mol. The van der Waals surface area contributed by atoms with Crippen molar-refractivity contribution in [2.24, 2.45) is 0 Å².